The summed E-state index contributed by atoms with van der Waals surface area (Å²) in [6.45, 7) is 1.36. The first-order valence-corrected chi connectivity index (χ1v) is 5.87. The molecule has 0 atom stereocenters. The lowest BCUT2D eigenvalue weighted by atomic mass is 10.2. The lowest BCUT2D eigenvalue weighted by Crippen LogP contribution is -2.11. The van der Waals surface area contributed by atoms with E-state index in [4.69, 9.17) is 9.47 Å². The number of allylic oxidation sites excluding steroid dienone is 4. The van der Waals surface area contributed by atoms with Crippen LogP contribution in [0.2, 0.25) is 0 Å². The molecule has 94 valence electrons. The third-order valence-corrected chi connectivity index (χ3v) is 2.63. The van der Waals surface area contributed by atoms with Gasteiger partial charge in [0.2, 0.25) is 0 Å². The van der Waals surface area contributed by atoms with Crippen LogP contribution in [0.1, 0.15) is 6.92 Å². The molecule has 1 aromatic rings. The van der Waals surface area contributed by atoms with Crippen molar-refractivity contribution in [2.24, 2.45) is 4.99 Å². The third kappa shape index (κ3) is 2.33. The minimum atomic E-state index is -0.364. The van der Waals surface area contributed by atoms with E-state index in [0.717, 1.165) is 11.4 Å². The Morgan fingerprint density at radius 1 is 1.32 bits per heavy atom. The van der Waals surface area contributed by atoms with E-state index in [1.54, 1.807) is 24.3 Å². The molecule has 0 aromatic heterocycles. The molecule has 4 nitrogen and oxygen atoms in total. The number of fused-ring (bicyclic) bond motifs is 2. The van der Waals surface area contributed by atoms with Gasteiger partial charge < -0.3 is 9.47 Å². The summed E-state index contributed by atoms with van der Waals surface area (Å²) in [4.78, 5) is 15.5. The number of esters is 1. The summed E-state index contributed by atoms with van der Waals surface area (Å²) in [5.41, 5.74) is 1.40. The number of benzene rings is 1. The minimum absolute atomic E-state index is 0.364. The Kier molecular flexibility index (Phi) is 2.76. The molecule has 0 saturated carbocycles. The first-order chi connectivity index (χ1) is 9.22. The molecule has 0 spiro atoms. The number of carbonyl (C=O) groups is 1. The van der Waals surface area contributed by atoms with Gasteiger partial charge in [-0.1, -0.05) is 18.2 Å². The fourth-order valence-electron chi connectivity index (χ4n) is 1.86. The number of rotatable bonds is 1. The van der Waals surface area contributed by atoms with E-state index in [0.29, 0.717) is 17.2 Å². The summed E-state index contributed by atoms with van der Waals surface area (Å²) in [6, 6.07) is 7.53. The molecule has 19 heavy (non-hydrogen) atoms. The van der Waals surface area contributed by atoms with Crippen LogP contribution in [0.15, 0.2) is 65.1 Å². The molecule has 0 radical (unpaired) electrons. The van der Waals surface area contributed by atoms with Gasteiger partial charge >= 0.3 is 5.97 Å². The highest BCUT2D eigenvalue weighted by Crippen LogP contribution is 2.34. The van der Waals surface area contributed by atoms with Gasteiger partial charge in [0, 0.05) is 13.0 Å². The van der Waals surface area contributed by atoms with Gasteiger partial charge in [0.25, 0.3) is 0 Å². The van der Waals surface area contributed by atoms with Crippen LogP contribution < -0.4 is 4.74 Å². The van der Waals surface area contributed by atoms with Gasteiger partial charge in [0.15, 0.2) is 11.5 Å². The summed E-state index contributed by atoms with van der Waals surface area (Å²) < 4.78 is 10.8. The quantitative estimate of drug-likeness (QED) is 0.723. The van der Waals surface area contributed by atoms with Crippen LogP contribution in [0.25, 0.3) is 0 Å². The molecule has 1 heterocycles. The second-order valence-electron chi connectivity index (χ2n) is 4.10. The maximum atomic E-state index is 11.0. The molecule has 4 heteroatoms. The fraction of sp³-hybridized carbons (Fsp3) is 0.0667. The SMILES string of the molecule is CC(=O)OC1=CC2=Nc3ccccc3OC2=CC=C1. The topological polar surface area (TPSA) is 47.9 Å². The number of aliphatic imine (C=N–C) groups is 1. The van der Waals surface area contributed by atoms with E-state index in [9.17, 15) is 4.79 Å². The summed E-state index contributed by atoms with van der Waals surface area (Å²) in [5.74, 6) is 1.44. The average molecular weight is 253 g/mol. The third-order valence-electron chi connectivity index (χ3n) is 2.63. The smallest absolute Gasteiger partial charge is 0.308 e. The molecule has 0 saturated heterocycles. The van der Waals surface area contributed by atoms with Crippen molar-refractivity contribution in [2.45, 2.75) is 6.92 Å². The fourth-order valence-corrected chi connectivity index (χ4v) is 1.86. The lowest BCUT2D eigenvalue weighted by Gasteiger charge is -2.17. The molecule has 0 bridgehead atoms. The van der Waals surface area contributed by atoms with Crippen LogP contribution in [0, 0.1) is 0 Å². The summed E-state index contributed by atoms with van der Waals surface area (Å²) >= 11 is 0. The predicted octanol–water partition coefficient (Wildman–Crippen LogP) is 3.05. The van der Waals surface area contributed by atoms with Crippen molar-refractivity contribution in [2.75, 3.05) is 0 Å². The Balaban J connectivity index is 2.03. The second kappa shape index (κ2) is 4.57. The van der Waals surface area contributed by atoms with E-state index < -0.39 is 0 Å². The van der Waals surface area contributed by atoms with Gasteiger partial charge in [-0.2, -0.15) is 0 Å². The zero-order valence-corrected chi connectivity index (χ0v) is 10.3. The van der Waals surface area contributed by atoms with Gasteiger partial charge in [-0.15, -0.1) is 0 Å². The average Bonchev–Trinajstić information content (AvgIpc) is 2.56. The van der Waals surface area contributed by atoms with Crippen LogP contribution in [0.5, 0.6) is 5.75 Å². The predicted molar refractivity (Wildman–Crippen MR) is 71.2 cm³/mol. The van der Waals surface area contributed by atoms with E-state index in [1.165, 1.54) is 6.92 Å². The molecule has 0 unspecified atom stereocenters. The van der Waals surface area contributed by atoms with Crippen LogP contribution in [0.4, 0.5) is 5.69 Å². The number of hydrogen-bond acceptors (Lipinski definition) is 4. The molecular weight excluding hydrogens is 242 g/mol. The first kappa shape index (κ1) is 11.5. The standard InChI is InChI=1S/C15H11NO3/c1-10(17)18-11-5-4-8-15-13(9-11)16-12-6-2-3-7-14(12)19-15/h2-9H,1H3. The van der Waals surface area contributed by atoms with E-state index in [1.807, 2.05) is 24.3 Å². The Morgan fingerprint density at radius 2 is 2.16 bits per heavy atom. The van der Waals surface area contributed by atoms with Crippen molar-refractivity contribution in [3.05, 3.63) is 60.1 Å². The van der Waals surface area contributed by atoms with Crippen molar-refractivity contribution >= 4 is 17.4 Å². The number of carbonyl (C=O) groups excluding carboxylic acids is 1. The highest BCUT2D eigenvalue weighted by molar-refractivity contribution is 6.10. The van der Waals surface area contributed by atoms with E-state index >= 15 is 0 Å². The number of ether oxygens (including phenoxy) is 2. The van der Waals surface area contributed by atoms with Crippen molar-refractivity contribution < 1.29 is 14.3 Å². The lowest BCUT2D eigenvalue weighted by molar-refractivity contribution is -0.136. The van der Waals surface area contributed by atoms with Gasteiger partial charge in [0.1, 0.15) is 17.2 Å². The molecule has 2 aliphatic rings. The Labute approximate surface area is 110 Å². The minimum Gasteiger partial charge on any atom is -0.453 e. The molecule has 1 aliphatic carbocycles. The first-order valence-electron chi connectivity index (χ1n) is 5.87. The van der Waals surface area contributed by atoms with Gasteiger partial charge in [-0.25, -0.2) is 4.99 Å². The van der Waals surface area contributed by atoms with Crippen LogP contribution in [0.3, 0.4) is 0 Å². The summed E-state index contributed by atoms with van der Waals surface area (Å²) in [7, 11) is 0. The van der Waals surface area contributed by atoms with Crippen LogP contribution in [-0.2, 0) is 9.53 Å². The highest BCUT2D eigenvalue weighted by Gasteiger charge is 2.18. The zero-order valence-electron chi connectivity index (χ0n) is 10.3. The molecule has 0 fully saturated rings. The summed E-state index contributed by atoms with van der Waals surface area (Å²) in [6.07, 6.45) is 6.94. The van der Waals surface area contributed by atoms with E-state index in [2.05, 4.69) is 4.99 Å². The molecule has 0 N–H and O–H groups in total. The van der Waals surface area contributed by atoms with E-state index in [-0.39, 0.29) is 5.97 Å². The number of nitrogens with zero attached hydrogens (tertiary/aromatic N) is 1. The molecule has 1 aromatic carbocycles. The Bertz CT molecular complexity index is 666. The second-order valence-corrected chi connectivity index (χ2v) is 4.10. The summed E-state index contributed by atoms with van der Waals surface area (Å²) in [5, 5.41) is 0. The molecular formula is C15H11NO3. The highest BCUT2D eigenvalue weighted by atomic mass is 16.5. The van der Waals surface area contributed by atoms with Crippen molar-refractivity contribution in [3.8, 4) is 5.75 Å². The molecule has 1 aliphatic heterocycles. The largest absolute Gasteiger partial charge is 0.453 e. The Hall–Kier alpha value is -2.62. The maximum Gasteiger partial charge on any atom is 0.308 e. The zero-order chi connectivity index (χ0) is 13.2. The maximum absolute atomic E-state index is 11.0. The Morgan fingerprint density at radius 3 is 3.00 bits per heavy atom. The van der Waals surface area contributed by atoms with Crippen molar-refractivity contribution in [1.29, 1.82) is 0 Å². The van der Waals surface area contributed by atoms with Crippen molar-refractivity contribution in [1.82, 2.24) is 0 Å². The normalized spacial score (nSPS) is 15.9. The van der Waals surface area contributed by atoms with Gasteiger partial charge in [-0.3, -0.25) is 4.79 Å². The van der Waals surface area contributed by atoms with Crippen LogP contribution >= 0.6 is 0 Å². The molecule has 0 amide bonds. The van der Waals surface area contributed by atoms with Crippen LogP contribution in [-0.4, -0.2) is 11.7 Å². The monoisotopic (exact) mass is 253 g/mol. The number of hydrogen-bond donors (Lipinski definition) is 0. The number of para-hydroxylation sites is 2. The van der Waals surface area contributed by atoms with Gasteiger partial charge in [-0.05, 0) is 24.3 Å². The molecule has 3 rings (SSSR count). The van der Waals surface area contributed by atoms with Gasteiger partial charge in [0.05, 0.1) is 0 Å². The van der Waals surface area contributed by atoms with Crippen molar-refractivity contribution in [3.63, 3.8) is 0 Å².